The normalized spacial score (nSPS) is 11.1. The van der Waals surface area contributed by atoms with Gasteiger partial charge in [-0.2, -0.15) is 9.97 Å². The molecule has 0 atom stereocenters. The molecule has 1 amide bonds. The number of aromatic nitrogens is 2. The Kier molecular flexibility index (Phi) is 6.64. The van der Waals surface area contributed by atoms with Gasteiger partial charge in [-0.15, -0.1) is 0 Å². The molecule has 2 aromatic rings. The summed E-state index contributed by atoms with van der Waals surface area (Å²) in [4.78, 5) is 20.9. The van der Waals surface area contributed by atoms with Crippen molar-refractivity contribution in [3.63, 3.8) is 0 Å². The zero-order valence-corrected chi connectivity index (χ0v) is 18.2. The van der Waals surface area contributed by atoms with Crippen LogP contribution in [0.25, 0.3) is 0 Å². The topological polar surface area (TPSA) is 91.0 Å². The Labute approximate surface area is 168 Å². The lowest BCUT2D eigenvalue weighted by atomic mass is 9.97. The summed E-state index contributed by atoms with van der Waals surface area (Å²) >= 11 is 3.60. The first-order valence-electron chi connectivity index (χ1n) is 8.73. The fraction of sp³-hybridized carbons (Fsp3) is 0.421. The van der Waals surface area contributed by atoms with Gasteiger partial charge in [0.25, 0.3) is 5.91 Å². The molecule has 1 heterocycles. The molecule has 4 N–H and O–H groups in total. The smallest absolute Gasteiger partial charge is 0.251 e. The number of anilines is 4. The van der Waals surface area contributed by atoms with Crippen LogP contribution in [0.2, 0.25) is 0 Å². The summed E-state index contributed by atoms with van der Waals surface area (Å²) in [6.45, 7) is 9.20. The van der Waals surface area contributed by atoms with E-state index in [1.54, 1.807) is 20.2 Å². The summed E-state index contributed by atoms with van der Waals surface area (Å²) in [5, 5.41) is 12.3. The van der Waals surface area contributed by atoms with Gasteiger partial charge in [0.15, 0.2) is 5.82 Å². The van der Waals surface area contributed by atoms with E-state index in [0.29, 0.717) is 23.1 Å². The molecule has 7 nitrogen and oxygen atoms in total. The van der Waals surface area contributed by atoms with E-state index in [2.05, 4.69) is 67.9 Å². The van der Waals surface area contributed by atoms with Crippen LogP contribution in [0.5, 0.6) is 0 Å². The molecule has 146 valence electrons. The number of nitrogens with zero attached hydrogens (tertiary/aromatic N) is 2. The van der Waals surface area contributed by atoms with Crippen molar-refractivity contribution in [3.05, 3.63) is 33.8 Å². The van der Waals surface area contributed by atoms with Crippen LogP contribution in [-0.4, -0.2) is 36.5 Å². The van der Waals surface area contributed by atoms with Gasteiger partial charge in [-0.05, 0) is 46.0 Å². The van der Waals surface area contributed by atoms with E-state index in [1.807, 2.05) is 19.1 Å². The summed E-state index contributed by atoms with van der Waals surface area (Å²) in [6, 6.07) is 5.51. The number of aryl methyl sites for hydroxylation is 1. The summed E-state index contributed by atoms with van der Waals surface area (Å²) in [5.74, 6) is 1.68. The van der Waals surface area contributed by atoms with E-state index in [0.717, 1.165) is 22.3 Å². The van der Waals surface area contributed by atoms with E-state index in [9.17, 15) is 4.79 Å². The third kappa shape index (κ3) is 5.56. The molecule has 0 saturated heterocycles. The highest BCUT2D eigenvalue weighted by Crippen LogP contribution is 2.33. The molecule has 0 radical (unpaired) electrons. The number of hydrogen-bond acceptors (Lipinski definition) is 6. The number of carbonyl (C=O) groups excluding carboxylic acids is 1. The van der Waals surface area contributed by atoms with Crippen molar-refractivity contribution in [1.82, 2.24) is 15.3 Å². The molecule has 0 aliphatic heterocycles. The maximum atomic E-state index is 11.9. The van der Waals surface area contributed by atoms with Crippen molar-refractivity contribution < 1.29 is 4.79 Å². The maximum absolute atomic E-state index is 11.9. The average Bonchev–Trinajstić information content (AvgIpc) is 2.62. The Morgan fingerprint density at radius 2 is 1.81 bits per heavy atom. The van der Waals surface area contributed by atoms with Crippen LogP contribution in [0.4, 0.5) is 23.3 Å². The third-order valence-corrected chi connectivity index (χ3v) is 4.59. The SMILES string of the molecule is CNC(=O)c1ccc(C)c(Nc2nc(NC)nc(NCC(C)(C)C)c2Br)c1. The Morgan fingerprint density at radius 1 is 1.15 bits per heavy atom. The van der Waals surface area contributed by atoms with Gasteiger partial charge in [0, 0.05) is 31.9 Å². The lowest BCUT2D eigenvalue weighted by Gasteiger charge is -2.21. The number of benzene rings is 1. The molecule has 8 heteroatoms. The molecular formula is C19H27BrN6O. The number of nitrogens with one attached hydrogen (secondary N) is 4. The predicted octanol–water partition coefficient (Wildman–Crippen LogP) is 4.15. The summed E-state index contributed by atoms with van der Waals surface area (Å²) in [6.07, 6.45) is 0. The van der Waals surface area contributed by atoms with E-state index in [1.165, 1.54) is 0 Å². The Morgan fingerprint density at radius 3 is 2.41 bits per heavy atom. The molecular weight excluding hydrogens is 408 g/mol. The minimum atomic E-state index is -0.136. The van der Waals surface area contributed by atoms with Gasteiger partial charge >= 0.3 is 0 Å². The lowest BCUT2D eigenvalue weighted by molar-refractivity contribution is 0.0963. The fourth-order valence-electron chi connectivity index (χ4n) is 2.28. The van der Waals surface area contributed by atoms with Crippen molar-refractivity contribution in [2.24, 2.45) is 5.41 Å². The minimum Gasteiger partial charge on any atom is -0.368 e. The van der Waals surface area contributed by atoms with Crippen LogP contribution < -0.4 is 21.3 Å². The largest absolute Gasteiger partial charge is 0.368 e. The molecule has 0 aliphatic rings. The first kappa shape index (κ1) is 21.0. The predicted molar refractivity (Wildman–Crippen MR) is 115 cm³/mol. The highest BCUT2D eigenvalue weighted by Gasteiger charge is 2.16. The van der Waals surface area contributed by atoms with Crippen molar-refractivity contribution in [3.8, 4) is 0 Å². The van der Waals surface area contributed by atoms with Gasteiger partial charge in [0.1, 0.15) is 10.3 Å². The quantitative estimate of drug-likeness (QED) is 0.545. The van der Waals surface area contributed by atoms with Gasteiger partial charge in [0.05, 0.1) is 0 Å². The van der Waals surface area contributed by atoms with Gasteiger partial charge in [-0.1, -0.05) is 26.8 Å². The zero-order valence-electron chi connectivity index (χ0n) is 16.6. The summed E-state index contributed by atoms with van der Waals surface area (Å²) in [7, 11) is 3.39. The Hall–Kier alpha value is -2.35. The van der Waals surface area contributed by atoms with Crippen LogP contribution in [0, 0.1) is 12.3 Å². The third-order valence-electron chi connectivity index (χ3n) is 3.84. The van der Waals surface area contributed by atoms with Crippen LogP contribution in [0.1, 0.15) is 36.7 Å². The maximum Gasteiger partial charge on any atom is 0.251 e. The summed E-state index contributed by atoms with van der Waals surface area (Å²) < 4.78 is 0.732. The number of hydrogen-bond donors (Lipinski definition) is 4. The molecule has 0 aliphatic carbocycles. The standard InChI is InChI=1S/C19H27BrN6O/c1-11-7-8-12(17(27)21-5)9-13(11)24-16-14(20)15(23-10-19(2,3)4)25-18(22-6)26-16/h7-9H,10H2,1-6H3,(H,21,27)(H3,22,23,24,25,26). The van der Waals surface area contributed by atoms with Crippen molar-refractivity contribution >= 4 is 45.1 Å². The van der Waals surface area contributed by atoms with Gasteiger partial charge < -0.3 is 21.3 Å². The number of amides is 1. The Balaban J connectivity index is 2.39. The molecule has 0 unspecified atom stereocenters. The summed E-state index contributed by atoms with van der Waals surface area (Å²) in [5.41, 5.74) is 2.49. The van der Waals surface area contributed by atoms with Gasteiger partial charge in [-0.3, -0.25) is 4.79 Å². The monoisotopic (exact) mass is 434 g/mol. The molecule has 0 fully saturated rings. The van der Waals surface area contributed by atoms with Crippen LogP contribution in [0.15, 0.2) is 22.7 Å². The molecule has 1 aromatic heterocycles. The lowest BCUT2D eigenvalue weighted by Crippen LogP contribution is -2.20. The molecule has 0 spiro atoms. The Bertz CT molecular complexity index is 832. The first-order valence-corrected chi connectivity index (χ1v) is 9.53. The van der Waals surface area contributed by atoms with Crippen LogP contribution >= 0.6 is 15.9 Å². The number of halogens is 1. The second kappa shape index (κ2) is 8.56. The second-order valence-electron chi connectivity index (χ2n) is 7.46. The highest BCUT2D eigenvalue weighted by atomic mass is 79.9. The molecule has 1 aromatic carbocycles. The van der Waals surface area contributed by atoms with Crippen molar-refractivity contribution in [1.29, 1.82) is 0 Å². The zero-order chi connectivity index (χ0) is 20.2. The minimum absolute atomic E-state index is 0.107. The van der Waals surface area contributed by atoms with E-state index >= 15 is 0 Å². The molecule has 2 rings (SSSR count). The van der Waals surface area contributed by atoms with Crippen LogP contribution in [0.3, 0.4) is 0 Å². The molecule has 27 heavy (non-hydrogen) atoms. The first-order chi connectivity index (χ1) is 12.6. The van der Waals surface area contributed by atoms with Gasteiger partial charge in [0.2, 0.25) is 5.95 Å². The molecule has 0 saturated carbocycles. The highest BCUT2D eigenvalue weighted by molar-refractivity contribution is 9.10. The van der Waals surface area contributed by atoms with Crippen molar-refractivity contribution in [2.45, 2.75) is 27.7 Å². The van der Waals surface area contributed by atoms with Crippen LogP contribution in [-0.2, 0) is 0 Å². The number of rotatable bonds is 6. The van der Waals surface area contributed by atoms with E-state index < -0.39 is 0 Å². The fourth-order valence-corrected chi connectivity index (χ4v) is 2.69. The molecule has 0 bridgehead atoms. The van der Waals surface area contributed by atoms with Gasteiger partial charge in [-0.25, -0.2) is 0 Å². The van der Waals surface area contributed by atoms with Crippen molar-refractivity contribution in [2.75, 3.05) is 36.6 Å². The van der Waals surface area contributed by atoms with E-state index in [4.69, 9.17) is 0 Å². The second-order valence-corrected chi connectivity index (χ2v) is 8.25. The van der Waals surface area contributed by atoms with E-state index in [-0.39, 0.29) is 11.3 Å². The number of carbonyl (C=O) groups is 1. The average molecular weight is 435 g/mol.